The first-order valence-electron chi connectivity index (χ1n) is 9.08. The first-order chi connectivity index (χ1) is 16.6. The fourth-order valence-electron chi connectivity index (χ4n) is 3.01. The van der Waals surface area contributed by atoms with Crippen LogP contribution in [0, 0.1) is 0 Å². The average molecular weight is 689 g/mol. The smallest absolute Gasteiger partial charge is 0.436 e. The maximum absolute atomic E-state index is 12.3. The van der Waals surface area contributed by atoms with Crippen LogP contribution in [0.3, 0.4) is 0 Å². The monoisotopic (exact) mass is 685 g/mol. The summed E-state index contributed by atoms with van der Waals surface area (Å²) in [5, 5.41) is 3.53. The predicted molar refractivity (Wildman–Crippen MR) is 149 cm³/mol. The molecule has 0 saturated heterocycles. The second kappa shape index (κ2) is 15.1. The van der Waals surface area contributed by atoms with Gasteiger partial charge in [0.25, 0.3) is 0 Å². The zero-order valence-corrected chi connectivity index (χ0v) is 29.2. The van der Waals surface area contributed by atoms with Crippen LogP contribution >= 0.6 is 92.8 Å². The molecule has 1 amide bonds. The standard InChI is InChI=1S/C22H5Cl8N3O2.H3N.2Na/c23-13-9(10(6-34)14(24)18(28)17(13)27)5-31-7-1-3-8(4-2-7)32-21-11-12(22(35)33-21)16(26)20(30)19(29)15(11)25;;;/h1-4H,(H,32,33,34,35);1H3;;/q-2;;2*+1/p-1. The fourth-order valence-corrected chi connectivity index (χ4v) is 4.96. The molecule has 4 rings (SSSR count). The van der Waals surface area contributed by atoms with E-state index < -0.39 is 5.91 Å². The maximum Gasteiger partial charge on any atom is 1.00 e. The molecular weight excluding hydrogens is 682 g/mol. The molecule has 38 heavy (non-hydrogen) atoms. The van der Waals surface area contributed by atoms with E-state index in [4.69, 9.17) is 92.8 Å². The van der Waals surface area contributed by atoms with Gasteiger partial charge in [0.05, 0.1) is 20.1 Å². The molecule has 0 unspecified atom stereocenters. The van der Waals surface area contributed by atoms with Crippen LogP contribution in [-0.2, 0) is 4.79 Å². The van der Waals surface area contributed by atoms with Crippen LogP contribution in [0.4, 0.5) is 11.4 Å². The predicted octanol–water partition coefficient (Wildman–Crippen LogP) is 3.77. The van der Waals surface area contributed by atoms with Crippen molar-refractivity contribution in [3.05, 3.63) is 92.0 Å². The van der Waals surface area contributed by atoms with Crippen LogP contribution in [0.15, 0.2) is 34.3 Å². The largest absolute Gasteiger partial charge is 1.00 e. The molecule has 0 bridgehead atoms. The first kappa shape index (κ1) is 36.4. The van der Waals surface area contributed by atoms with Gasteiger partial charge in [0.15, 0.2) is 5.91 Å². The maximum atomic E-state index is 12.3. The fraction of sp³-hybridized carbons (Fsp3) is 0. The molecule has 3 aromatic carbocycles. The Balaban J connectivity index is 0.00000241. The minimum atomic E-state index is -0.639. The van der Waals surface area contributed by atoms with E-state index in [0.717, 1.165) is 0 Å². The Hall–Kier alpha value is 0.420. The second-order valence-electron chi connectivity index (χ2n) is 6.71. The van der Waals surface area contributed by atoms with Gasteiger partial charge in [0.1, 0.15) is 0 Å². The molecule has 3 aromatic rings. The molecule has 0 aliphatic carbocycles. The molecule has 0 fully saturated rings. The van der Waals surface area contributed by atoms with Crippen molar-refractivity contribution in [3.8, 4) is 0 Å². The Bertz CT molecular complexity index is 1500. The second-order valence-corrected chi connectivity index (χ2v) is 9.73. The van der Waals surface area contributed by atoms with Gasteiger partial charge in [-0.15, -0.1) is 6.21 Å². The Morgan fingerprint density at radius 3 is 1.61 bits per heavy atom. The van der Waals surface area contributed by atoms with Crippen LogP contribution in [0.2, 0.25) is 40.2 Å². The van der Waals surface area contributed by atoms with Crippen molar-refractivity contribution < 1.29 is 68.7 Å². The number of amidine groups is 1. The number of fused-ring (bicyclic) bond motifs is 1. The molecule has 16 heteroatoms. The average Bonchev–Trinajstić information content (AvgIpc) is 3.17. The summed E-state index contributed by atoms with van der Waals surface area (Å²) >= 11 is 48.8. The number of rotatable bonds is 4. The van der Waals surface area contributed by atoms with Gasteiger partial charge >= 0.3 is 59.1 Å². The minimum absolute atomic E-state index is 0. The molecule has 1 heterocycles. The van der Waals surface area contributed by atoms with Crippen LogP contribution in [0.25, 0.3) is 5.32 Å². The molecule has 3 N–H and O–H groups in total. The van der Waals surface area contributed by atoms with Crippen molar-refractivity contribution in [3.63, 3.8) is 0 Å². The van der Waals surface area contributed by atoms with Crippen molar-refractivity contribution in [2.75, 3.05) is 0 Å². The van der Waals surface area contributed by atoms with Crippen molar-refractivity contribution >= 4 is 128 Å². The summed E-state index contributed by atoms with van der Waals surface area (Å²) in [7, 11) is 0. The molecule has 6 nitrogen and oxygen atoms in total. The summed E-state index contributed by atoms with van der Waals surface area (Å²) in [6.07, 6.45) is 4.30. The topological polar surface area (TPSA) is 108 Å². The van der Waals surface area contributed by atoms with Gasteiger partial charge in [-0.2, -0.15) is 23.2 Å². The number of amides is 1. The number of carbonyl (C=O) groups is 1. The van der Waals surface area contributed by atoms with Gasteiger partial charge in [0, 0.05) is 27.5 Å². The van der Waals surface area contributed by atoms with Gasteiger partial charge in [-0.1, -0.05) is 104 Å². The third kappa shape index (κ3) is 6.89. The summed E-state index contributed by atoms with van der Waals surface area (Å²) in [4.78, 5) is 32.2. The van der Waals surface area contributed by atoms with Gasteiger partial charge in [-0.25, -0.2) is 11.1 Å². The van der Waals surface area contributed by atoms with Gasteiger partial charge in [-0.05, 0) is 17.2 Å². The zero-order valence-electron chi connectivity index (χ0n) is 19.2. The number of hydrogen-bond donors (Lipinski definition) is 1. The molecule has 186 valence electrons. The van der Waals surface area contributed by atoms with Crippen LogP contribution in [0.1, 0.15) is 27.0 Å². The molecule has 0 radical (unpaired) electrons. The molecule has 1 aliphatic heterocycles. The Morgan fingerprint density at radius 2 is 1.08 bits per heavy atom. The summed E-state index contributed by atoms with van der Waals surface area (Å²) in [6, 6.07) is 6.36. The normalized spacial score (nSPS) is 12.9. The third-order valence-electron chi connectivity index (χ3n) is 4.66. The first-order valence-corrected chi connectivity index (χ1v) is 12.1. The van der Waals surface area contributed by atoms with Gasteiger partial charge < -0.3 is 26.2 Å². The molecule has 0 aromatic heterocycles. The van der Waals surface area contributed by atoms with Crippen molar-refractivity contribution in [1.82, 2.24) is 6.15 Å². The van der Waals surface area contributed by atoms with E-state index in [1.807, 2.05) is 0 Å². The molecule has 0 spiro atoms. The summed E-state index contributed by atoms with van der Waals surface area (Å²) in [5.74, 6) is -0.610. The number of halogens is 8. The number of hydrogen-bond acceptors (Lipinski definition) is 5. The summed E-state index contributed by atoms with van der Waals surface area (Å²) in [5.41, 5.74) is 0.959. The molecule has 0 atom stereocenters. The van der Waals surface area contributed by atoms with Gasteiger partial charge in [0.2, 0.25) is 0 Å². The van der Waals surface area contributed by atoms with Crippen molar-refractivity contribution in [2.24, 2.45) is 9.98 Å². The Morgan fingerprint density at radius 1 is 0.632 bits per heavy atom. The SMILES string of the molecule is N.O=[C-]c1c(Cl)c(Cl)c(Cl)c(Cl)c1[C-]=Nc1ccc(N=C2[N-]C(=O)c3c(Cl)c(Cl)c(Cl)c(Cl)c32)cc1.[Na+].[Na+]. The molecule has 0 saturated carbocycles. The van der Waals surface area contributed by atoms with E-state index in [-0.39, 0.29) is 134 Å². The van der Waals surface area contributed by atoms with E-state index in [9.17, 15) is 9.59 Å². The van der Waals surface area contributed by atoms with Crippen molar-refractivity contribution in [1.29, 1.82) is 0 Å². The summed E-state index contributed by atoms with van der Waals surface area (Å²) in [6.45, 7) is 0. The van der Waals surface area contributed by atoms with Crippen LogP contribution < -0.4 is 65.3 Å². The number of carbonyl (C=O) groups excluding carboxylic acids is 2. The molecule has 1 aliphatic rings. The van der Waals surface area contributed by atoms with Crippen LogP contribution in [0.5, 0.6) is 0 Å². The number of benzene rings is 3. The summed E-state index contributed by atoms with van der Waals surface area (Å²) < 4.78 is 0. The van der Waals surface area contributed by atoms with E-state index >= 15 is 0 Å². The zero-order chi connectivity index (χ0) is 25.6. The van der Waals surface area contributed by atoms with Crippen LogP contribution in [-0.4, -0.2) is 24.2 Å². The number of aliphatic imine (C=N–C) groups is 2. The van der Waals surface area contributed by atoms with Gasteiger partial charge in [-0.3, -0.25) is 4.79 Å². The number of nitrogens with zero attached hydrogens (tertiary/aromatic N) is 3. The van der Waals surface area contributed by atoms with E-state index in [0.29, 0.717) is 11.4 Å². The Labute approximate surface area is 301 Å². The van der Waals surface area contributed by atoms with E-state index in [1.54, 1.807) is 30.6 Å². The third-order valence-corrected chi connectivity index (χ3v) is 8.27. The van der Waals surface area contributed by atoms with E-state index in [2.05, 4.69) is 21.5 Å². The van der Waals surface area contributed by atoms with E-state index in [1.165, 1.54) is 0 Å². The molecular formula is C22H7Cl8N4Na2O2-. The Kier molecular flexibility index (Phi) is 14.4. The quantitative estimate of drug-likeness (QED) is 0.148. The minimum Gasteiger partial charge on any atom is -0.436 e. The van der Waals surface area contributed by atoms with Crippen molar-refractivity contribution in [2.45, 2.75) is 0 Å².